The van der Waals surface area contributed by atoms with Crippen LogP contribution in [0.5, 0.6) is 0 Å². The van der Waals surface area contributed by atoms with Gasteiger partial charge in [-0.1, -0.05) is 11.6 Å². The van der Waals surface area contributed by atoms with Crippen molar-refractivity contribution in [1.82, 2.24) is 14.8 Å². The van der Waals surface area contributed by atoms with Crippen LogP contribution in [-0.4, -0.2) is 41.3 Å². The van der Waals surface area contributed by atoms with Gasteiger partial charge in [-0.05, 0) is 12.1 Å². The molecule has 0 fully saturated rings. The van der Waals surface area contributed by atoms with E-state index in [0.717, 1.165) is 12.4 Å². The van der Waals surface area contributed by atoms with E-state index in [1.54, 1.807) is 0 Å². The van der Waals surface area contributed by atoms with E-state index in [0.29, 0.717) is 15.6 Å². The van der Waals surface area contributed by atoms with Crippen LogP contribution in [0.1, 0.15) is 11.6 Å². The van der Waals surface area contributed by atoms with Crippen LogP contribution in [0.4, 0.5) is 14.5 Å². The molecule has 3 rings (SSSR count). The van der Waals surface area contributed by atoms with Gasteiger partial charge in [0.05, 0.1) is 34.6 Å². The molecule has 1 aromatic carbocycles. The van der Waals surface area contributed by atoms with Crippen LogP contribution in [0.15, 0.2) is 35.6 Å². The number of fused-ring (bicyclic) bond motifs is 1. The second-order valence-electron chi connectivity index (χ2n) is 5.51. The molecular formula is C15H12ClF2N5O3S. The number of aromatic amines is 1. The first-order valence-corrected chi connectivity index (χ1v) is 9.30. The molecule has 27 heavy (non-hydrogen) atoms. The SMILES string of the molecule is N#Cc1c[nH]c2c(NS(=O)(=O)c3cnn(C(CO)C(F)F)c3)ccc(Cl)c12. The Labute approximate surface area is 157 Å². The Balaban J connectivity index is 1.98. The summed E-state index contributed by atoms with van der Waals surface area (Å²) in [5.41, 5.74) is 0.665. The van der Waals surface area contributed by atoms with Gasteiger partial charge in [0, 0.05) is 17.8 Å². The number of hydrogen-bond acceptors (Lipinski definition) is 5. The fraction of sp³-hybridized carbons (Fsp3) is 0.200. The van der Waals surface area contributed by atoms with E-state index >= 15 is 0 Å². The Morgan fingerprint density at radius 2 is 2.19 bits per heavy atom. The van der Waals surface area contributed by atoms with Crippen LogP contribution in [-0.2, 0) is 10.0 Å². The number of hydrogen-bond donors (Lipinski definition) is 3. The zero-order chi connectivity index (χ0) is 19.8. The molecule has 8 nitrogen and oxygen atoms in total. The number of H-pyrrole nitrogens is 1. The molecule has 142 valence electrons. The van der Waals surface area contributed by atoms with Gasteiger partial charge in [-0.2, -0.15) is 10.4 Å². The van der Waals surface area contributed by atoms with E-state index in [4.69, 9.17) is 22.0 Å². The summed E-state index contributed by atoms with van der Waals surface area (Å²) in [6.07, 6.45) is 0.270. The zero-order valence-electron chi connectivity index (χ0n) is 13.4. The summed E-state index contributed by atoms with van der Waals surface area (Å²) in [7, 11) is -4.17. The van der Waals surface area contributed by atoms with E-state index in [2.05, 4.69) is 14.8 Å². The predicted octanol–water partition coefficient (Wildman–Crippen LogP) is 2.49. The first-order valence-electron chi connectivity index (χ1n) is 7.44. The van der Waals surface area contributed by atoms with Crippen molar-refractivity contribution in [3.8, 4) is 6.07 Å². The molecule has 0 aliphatic carbocycles. The van der Waals surface area contributed by atoms with Gasteiger partial charge < -0.3 is 10.1 Å². The molecule has 0 radical (unpaired) electrons. The van der Waals surface area contributed by atoms with Crippen molar-refractivity contribution in [2.45, 2.75) is 17.4 Å². The maximum atomic E-state index is 12.9. The van der Waals surface area contributed by atoms with Crippen molar-refractivity contribution in [3.05, 3.63) is 41.3 Å². The van der Waals surface area contributed by atoms with Crippen molar-refractivity contribution in [2.75, 3.05) is 11.3 Å². The minimum absolute atomic E-state index is 0.121. The molecule has 3 N–H and O–H groups in total. The number of sulfonamides is 1. The van der Waals surface area contributed by atoms with Crippen LogP contribution in [0.25, 0.3) is 10.9 Å². The van der Waals surface area contributed by atoms with Crippen molar-refractivity contribution in [2.24, 2.45) is 0 Å². The second kappa shape index (κ2) is 7.15. The van der Waals surface area contributed by atoms with Gasteiger partial charge in [0.25, 0.3) is 16.4 Å². The third kappa shape index (κ3) is 3.46. The largest absolute Gasteiger partial charge is 0.394 e. The highest BCUT2D eigenvalue weighted by molar-refractivity contribution is 7.92. The zero-order valence-corrected chi connectivity index (χ0v) is 15.0. The number of anilines is 1. The average molecular weight is 416 g/mol. The smallest absolute Gasteiger partial charge is 0.265 e. The number of rotatable bonds is 6. The van der Waals surface area contributed by atoms with Crippen LogP contribution in [0.3, 0.4) is 0 Å². The first-order chi connectivity index (χ1) is 12.8. The molecule has 12 heteroatoms. The quantitative estimate of drug-likeness (QED) is 0.570. The van der Waals surface area contributed by atoms with Gasteiger partial charge in [-0.25, -0.2) is 17.2 Å². The molecule has 1 atom stereocenters. The van der Waals surface area contributed by atoms with E-state index in [1.165, 1.54) is 18.3 Å². The van der Waals surface area contributed by atoms with E-state index < -0.39 is 29.1 Å². The Morgan fingerprint density at radius 1 is 1.44 bits per heavy atom. The molecule has 2 heterocycles. The lowest BCUT2D eigenvalue weighted by atomic mass is 10.1. The molecule has 0 amide bonds. The minimum atomic E-state index is -4.17. The highest BCUT2D eigenvalue weighted by atomic mass is 35.5. The van der Waals surface area contributed by atoms with Gasteiger partial charge in [0.1, 0.15) is 17.0 Å². The molecule has 0 spiro atoms. The number of alkyl halides is 2. The minimum Gasteiger partial charge on any atom is -0.394 e. The summed E-state index contributed by atoms with van der Waals surface area (Å²) in [4.78, 5) is 2.42. The van der Waals surface area contributed by atoms with E-state index in [9.17, 15) is 17.2 Å². The topological polar surface area (TPSA) is 124 Å². The van der Waals surface area contributed by atoms with Gasteiger partial charge in [0.2, 0.25) is 0 Å². The highest BCUT2D eigenvalue weighted by Gasteiger charge is 2.25. The molecule has 0 aliphatic rings. The Kier molecular flexibility index (Phi) is 5.05. The van der Waals surface area contributed by atoms with Crippen LogP contribution < -0.4 is 4.72 Å². The maximum Gasteiger partial charge on any atom is 0.265 e. The normalized spacial score (nSPS) is 13.0. The lowest BCUT2D eigenvalue weighted by molar-refractivity contribution is 0.0420. The molecule has 0 aliphatic heterocycles. The summed E-state index contributed by atoms with van der Waals surface area (Å²) < 4.78 is 53.9. The van der Waals surface area contributed by atoms with Crippen molar-refractivity contribution in [3.63, 3.8) is 0 Å². The standard InChI is InChI=1S/C15H12ClF2N5O3S/c16-10-1-2-11(14-13(10)8(3-19)4-20-14)22-27(25,26)9-5-21-23(6-9)12(7-24)15(17)18/h1-2,4-6,12,15,20,22,24H,7H2. The maximum absolute atomic E-state index is 12.9. The Bertz CT molecular complexity index is 1140. The monoisotopic (exact) mass is 415 g/mol. The molecular weight excluding hydrogens is 404 g/mol. The van der Waals surface area contributed by atoms with Crippen LogP contribution in [0, 0.1) is 11.3 Å². The summed E-state index contributed by atoms with van der Waals surface area (Å²) in [6, 6.07) is 3.12. The number of nitrogens with zero attached hydrogens (tertiary/aromatic N) is 3. The number of aliphatic hydroxyl groups is 1. The lowest BCUT2D eigenvalue weighted by Gasteiger charge is -2.13. The van der Waals surface area contributed by atoms with Gasteiger partial charge in [0.15, 0.2) is 0 Å². The number of aromatic nitrogens is 3. The van der Waals surface area contributed by atoms with E-state index in [-0.39, 0.29) is 21.2 Å². The highest BCUT2D eigenvalue weighted by Crippen LogP contribution is 2.33. The van der Waals surface area contributed by atoms with Gasteiger partial charge >= 0.3 is 0 Å². The second-order valence-corrected chi connectivity index (χ2v) is 7.59. The van der Waals surface area contributed by atoms with E-state index in [1.807, 2.05) is 6.07 Å². The molecule has 1 unspecified atom stereocenters. The average Bonchev–Trinajstić information content (AvgIpc) is 3.25. The summed E-state index contributed by atoms with van der Waals surface area (Å²) in [5.74, 6) is 0. The number of nitriles is 1. The van der Waals surface area contributed by atoms with Crippen LogP contribution >= 0.6 is 11.6 Å². The fourth-order valence-electron chi connectivity index (χ4n) is 2.50. The molecule has 0 bridgehead atoms. The lowest BCUT2D eigenvalue weighted by Crippen LogP contribution is -2.21. The Hall–Kier alpha value is -2.68. The number of nitrogens with one attached hydrogen (secondary N) is 2. The molecule has 0 saturated heterocycles. The molecule has 3 aromatic rings. The number of halogens is 3. The van der Waals surface area contributed by atoms with Crippen molar-refractivity contribution < 1.29 is 22.3 Å². The third-order valence-electron chi connectivity index (χ3n) is 3.86. The summed E-state index contributed by atoms with van der Waals surface area (Å²) in [5, 5.41) is 22.3. The fourth-order valence-corrected chi connectivity index (χ4v) is 3.77. The molecule has 2 aromatic heterocycles. The van der Waals surface area contributed by atoms with Gasteiger partial charge in [-0.3, -0.25) is 9.40 Å². The molecule has 0 saturated carbocycles. The number of benzene rings is 1. The third-order valence-corrected chi connectivity index (χ3v) is 5.49. The predicted molar refractivity (Wildman–Crippen MR) is 93.2 cm³/mol. The number of aliphatic hydroxyl groups excluding tert-OH is 1. The van der Waals surface area contributed by atoms with Gasteiger partial charge in [-0.15, -0.1) is 0 Å². The van der Waals surface area contributed by atoms with Crippen molar-refractivity contribution in [1.29, 1.82) is 5.26 Å². The summed E-state index contributed by atoms with van der Waals surface area (Å²) >= 11 is 6.07. The van der Waals surface area contributed by atoms with Crippen molar-refractivity contribution >= 4 is 38.2 Å². The Morgan fingerprint density at radius 3 is 2.81 bits per heavy atom. The first kappa shape index (κ1) is 19.1. The summed E-state index contributed by atoms with van der Waals surface area (Å²) in [6.45, 7) is -0.899. The van der Waals surface area contributed by atoms with Crippen LogP contribution in [0.2, 0.25) is 5.02 Å².